The van der Waals surface area contributed by atoms with Gasteiger partial charge in [0.1, 0.15) is 0 Å². The second-order valence-electron chi connectivity index (χ2n) is 5.92. The zero-order chi connectivity index (χ0) is 14.4. The van der Waals surface area contributed by atoms with Crippen molar-refractivity contribution >= 4 is 11.6 Å². The maximum Gasteiger partial charge on any atom is 0.0409 e. The van der Waals surface area contributed by atoms with Crippen molar-refractivity contribution in [1.82, 2.24) is 10.2 Å². The summed E-state index contributed by atoms with van der Waals surface area (Å²) >= 11 is 6.14. The molecule has 0 spiro atoms. The maximum atomic E-state index is 6.14. The molecule has 1 N–H and O–H groups in total. The number of nitrogens with one attached hydrogen (secondary N) is 1. The third kappa shape index (κ3) is 4.47. The van der Waals surface area contributed by atoms with Crippen LogP contribution >= 0.6 is 11.6 Å². The number of nitrogens with zero attached hydrogens (tertiary/aromatic N) is 1. The predicted molar refractivity (Wildman–Crippen MR) is 87.3 cm³/mol. The molecule has 3 heteroatoms. The molecule has 0 saturated carbocycles. The normalized spacial score (nSPS) is 18.4. The molecule has 0 aliphatic carbocycles. The number of benzene rings is 1. The monoisotopic (exact) mass is 294 g/mol. The first-order chi connectivity index (χ1) is 9.70. The second-order valence-corrected chi connectivity index (χ2v) is 6.36. The smallest absolute Gasteiger partial charge is 0.0409 e. The van der Waals surface area contributed by atoms with Crippen molar-refractivity contribution in [2.75, 3.05) is 26.2 Å². The lowest BCUT2D eigenvalue weighted by molar-refractivity contribution is 0.161. The van der Waals surface area contributed by atoms with E-state index < -0.39 is 0 Å². The number of hydrogen-bond donors (Lipinski definition) is 1. The lowest BCUT2D eigenvalue weighted by Crippen LogP contribution is -2.37. The minimum absolute atomic E-state index is 0.448. The van der Waals surface area contributed by atoms with Gasteiger partial charge in [0, 0.05) is 17.6 Å². The van der Waals surface area contributed by atoms with Gasteiger partial charge in [0.25, 0.3) is 0 Å². The summed E-state index contributed by atoms with van der Waals surface area (Å²) in [5, 5.41) is 4.29. The number of rotatable bonds is 6. The fourth-order valence-electron chi connectivity index (χ4n) is 3.10. The van der Waals surface area contributed by atoms with Crippen molar-refractivity contribution in [3.63, 3.8) is 0 Å². The number of hydrogen-bond acceptors (Lipinski definition) is 2. The van der Waals surface area contributed by atoms with Gasteiger partial charge in [-0.2, -0.15) is 0 Å². The van der Waals surface area contributed by atoms with Crippen LogP contribution in [0.25, 0.3) is 0 Å². The van der Waals surface area contributed by atoms with Crippen LogP contribution in [-0.4, -0.2) is 31.1 Å². The van der Waals surface area contributed by atoms with Crippen LogP contribution in [0.1, 0.15) is 44.7 Å². The van der Waals surface area contributed by atoms with Gasteiger partial charge < -0.3 is 5.32 Å². The largest absolute Gasteiger partial charge is 0.317 e. The Bertz CT molecular complexity index is 402. The highest BCUT2D eigenvalue weighted by molar-refractivity contribution is 6.30. The summed E-state index contributed by atoms with van der Waals surface area (Å²) in [6.45, 7) is 9.30. The molecular formula is C17H27ClN2. The molecule has 1 saturated heterocycles. The van der Waals surface area contributed by atoms with E-state index >= 15 is 0 Å². The summed E-state index contributed by atoms with van der Waals surface area (Å²) in [5.41, 5.74) is 1.33. The Morgan fingerprint density at radius 1 is 1.35 bits per heavy atom. The quantitative estimate of drug-likeness (QED) is 0.849. The standard InChI is InChI=1S/C17H27ClN2/c1-3-11-20(13-15-7-9-19-10-8-15)14(2)16-5-4-6-17(18)12-16/h4-6,12,14-15,19H,3,7-11,13H2,1-2H3. The van der Waals surface area contributed by atoms with Gasteiger partial charge in [-0.3, -0.25) is 4.90 Å². The molecule has 20 heavy (non-hydrogen) atoms. The van der Waals surface area contributed by atoms with Gasteiger partial charge in [-0.1, -0.05) is 30.7 Å². The van der Waals surface area contributed by atoms with Gasteiger partial charge in [0.2, 0.25) is 0 Å². The van der Waals surface area contributed by atoms with Crippen molar-refractivity contribution in [2.24, 2.45) is 5.92 Å². The molecule has 0 amide bonds. The van der Waals surface area contributed by atoms with E-state index in [-0.39, 0.29) is 0 Å². The van der Waals surface area contributed by atoms with Crippen LogP contribution in [0, 0.1) is 5.92 Å². The molecule has 1 aliphatic rings. The van der Waals surface area contributed by atoms with E-state index in [0.29, 0.717) is 6.04 Å². The topological polar surface area (TPSA) is 15.3 Å². The highest BCUT2D eigenvalue weighted by Gasteiger charge is 2.21. The van der Waals surface area contributed by atoms with E-state index in [1.54, 1.807) is 0 Å². The molecule has 0 radical (unpaired) electrons. The van der Waals surface area contributed by atoms with Crippen LogP contribution in [0.2, 0.25) is 5.02 Å². The zero-order valence-corrected chi connectivity index (χ0v) is 13.5. The molecule has 1 atom stereocenters. The summed E-state index contributed by atoms with van der Waals surface area (Å²) in [4.78, 5) is 2.63. The van der Waals surface area contributed by atoms with E-state index in [9.17, 15) is 0 Å². The molecule has 1 aliphatic heterocycles. The van der Waals surface area contributed by atoms with E-state index in [0.717, 1.165) is 17.5 Å². The minimum atomic E-state index is 0.448. The van der Waals surface area contributed by atoms with Crippen LogP contribution in [0.3, 0.4) is 0 Å². The van der Waals surface area contributed by atoms with E-state index in [1.807, 2.05) is 6.07 Å². The number of halogens is 1. The summed E-state index contributed by atoms with van der Waals surface area (Å²) in [5.74, 6) is 0.837. The summed E-state index contributed by atoms with van der Waals surface area (Å²) in [6, 6.07) is 8.76. The van der Waals surface area contributed by atoms with Crippen LogP contribution in [0.4, 0.5) is 0 Å². The third-order valence-corrected chi connectivity index (χ3v) is 4.58. The Balaban J connectivity index is 2.02. The highest BCUT2D eigenvalue weighted by atomic mass is 35.5. The molecule has 2 nitrogen and oxygen atoms in total. The Kier molecular flexibility index (Phi) is 6.34. The van der Waals surface area contributed by atoms with Crippen molar-refractivity contribution < 1.29 is 0 Å². The lowest BCUT2D eigenvalue weighted by Gasteiger charge is -2.34. The Morgan fingerprint density at radius 3 is 2.75 bits per heavy atom. The maximum absolute atomic E-state index is 6.14. The molecule has 112 valence electrons. The van der Waals surface area contributed by atoms with Gasteiger partial charge in [-0.15, -0.1) is 0 Å². The summed E-state index contributed by atoms with van der Waals surface area (Å²) in [6.07, 6.45) is 3.82. The fraction of sp³-hybridized carbons (Fsp3) is 0.647. The van der Waals surface area contributed by atoms with E-state index in [1.165, 1.54) is 44.5 Å². The molecule has 1 heterocycles. The predicted octanol–water partition coefficient (Wildman–Crippen LogP) is 4.11. The molecule has 1 fully saturated rings. The second kappa shape index (κ2) is 8.02. The van der Waals surface area contributed by atoms with E-state index in [4.69, 9.17) is 11.6 Å². The summed E-state index contributed by atoms with van der Waals surface area (Å²) < 4.78 is 0. The number of piperidine rings is 1. The van der Waals surface area contributed by atoms with Gasteiger partial charge >= 0.3 is 0 Å². The average molecular weight is 295 g/mol. The fourth-order valence-corrected chi connectivity index (χ4v) is 3.30. The van der Waals surface area contributed by atoms with Gasteiger partial charge in [0.15, 0.2) is 0 Å². The molecule has 1 unspecified atom stereocenters. The van der Waals surface area contributed by atoms with Crippen molar-refractivity contribution in [3.8, 4) is 0 Å². The Hall–Kier alpha value is -0.570. The molecule has 2 rings (SSSR count). The molecule has 1 aromatic rings. The van der Waals surface area contributed by atoms with Crippen LogP contribution in [-0.2, 0) is 0 Å². The van der Waals surface area contributed by atoms with Gasteiger partial charge in [-0.25, -0.2) is 0 Å². The van der Waals surface area contributed by atoms with Crippen LogP contribution in [0.15, 0.2) is 24.3 Å². The van der Waals surface area contributed by atoms with Gasteiger partial charge in [0.05, 0.1) is 0 Å². The molecule has 0 bridgehead atoms. The Morgan fingerprint density at radius 2 is 2.10 bits per heavy atom. The first-order valence-electron chi connectivity index (χ1n) is 7.91. The first-order valence-corrected chi connectivity index (χ1v) is 8.28. The lowest BCUT2D eigenvalue weighted by atomic mass is 9.96. The van der Waals surface area contributed by atoms with Gasteiger partial charge in [-0.05, 0) is 69.4 Å². The van der Waals surface area contributed by atoms with E-state index in [2.05, 4.69) is 42.3 Å². The Labute approximate surface area is 128 Å². The summed E-state index contributed by atoms with van der Waals surface area (Å²) in [7, 11) is 0. The SMILES string of the molecule is CCCN(CC1CCNCC1)C(C)c1cccc(Cl)c1. The third-order valence-electron chi connectivity index (χ3n) is 4.34. The van der Waals surface area contributed by atoms with Crippen molar-refractivity contribution in [1.29, 1.82) is 0 Å². The minimum Gasteiger partial charge on any atom is -0.317 e. The highest BCUT2D eigenvalue weighted by Crippen LogP contribution is 2.25. The van der Waals surface area contributed by atoms with Crippen molar-refractivity contribution in [3.05, 3.63) is 34.9 Å². The molecular weight excluding hydrogens is 268 g/mol. The molecule has 1 aromatic carbocycles. The zero-order valence-electron chi connectivity index (χ0n) is 12.7. The molecule has 0 aromatic heterocycles. The average Bonchev–Trinajstić information content (AvgIpc) is 2.47. The van der Waals surface area contributed by atoms with Crippen LogP contribution < -0.4 is 5.32 Å². The first kappa shape index (κ1) is 15.8. The van der Waals surface area contributed by atoms with Crippen LogP contribution in [0.5, 0.6) is 0 Å². The van der Waals surface area contributed by atoms with Crippen molar-refractivity contribution in [2.45, 2.75) is 39.2 Å².